The molecule has 0 aromatic heterocycles. The molecule has 0 heterocycles. The molecule has 2 nitrogen and oxygen atoms in total. The monoisotopic (exact) mass is 242 g/mol. The van der Waals surface area contributed by atoms with E-state index in [9.17, 15) is 5.11 Å². The molecule has 1 rings (SSSR count). The number of hydrogen-bond donors (Lipinski definition) is 1. The molecule has 4 unspecified atom stereocenters. The van der Waals surface area contributed by atoms with Gasteiger partial charge in [0.1, 0.15) is 0 Å². The molecule has 0 aromatic carbocycles. The van der Waals surface area contributed by atoms with Crippen molar-refractivity contribution in [2.45, 2.75) is 77.9 Å². The molecule has 0 saturated heterocycles. The third kappa shape index (κ3) is 3.45. The Morgan fingerprint density at radius 1 is 1.24 bits per heavy atom. The maximum atomic E-state index is 10.7. The summed E-state index contributed by atoms with van der Waals surface area (Å²) in [6.07, 6.45) is 6.82. The van der Waals surface area contributed by atoms with Crippen molar-refractivity contribution in [1.29, 1.82) is 0 Å². The van der Waals surface area contributed by atoms with Crippen LogP contribution < -0.4 is 0 Å². The first kappa shape index (κ1) is 15.0. The van der Waals surface area contributed by atoms with E-state index >= 15 is 0 Å². The van der Waals surface area contributed by atoms with Gasteiger partial charge in [-0.2, -0.15) is 0 Å². The van der Waals surface area contributed by atoms with Gasteiger partial charge in [-0.1, -0.05) is 39.5 Å². The van der Waals surface area contributed by atoms with Crippen molar-refractivity contribution in [3.05, 3.63) is 0 Å². The first-order valence-corrected chi connectivity index (χ1v) is 7.41. The van der Waals surface area contributed by atoms with Crippen LogP contribution in [0.3, 0.4) is 0 Å². The molecule has 1 fully saturated rings. The largest absolute Gasteiger partial charge is 0.390 e. The molecule has 17 heavy (non-hydrogen) atoms. The molecule has 1 aliphatic carbocycles. The zero-order chi connectivity index (χ0) is 12.9. The Labute approximate surface area is 107 Å². The van der Waals surface area contributed by atoms with Crippen LogP contribution >= 0.6 is 0 Å². The smallest absolute Gasteiger partial charge is 0.0912 e. The second-order valence-electron chi connectivity index (χ2n) is 5.66. The highest BCUT2D eigenvalue weighted by molar-refractivity contribution is 4.91. The first-order valence-electron chi connectivity index (χ1n) is 7.41. The van der Waals surface area contributed by atoms with E-state index in [4.69, 9.17) is 4.74 Å². The Kier molecular flexibility index (Phi) is 5.94. The average molecular weight is 242 g/mol. The van der Waals surface area contributed by atoms with Gasteiger partial charge >= 0.3 is 0 Å². The second-order valence-corrected chi connectivity index (χ2v) is 5.66. The molecule has 4 atom stereocenters. The lowest BCUT2D eigenvalue weighted by molar-refractivity contribution is -0.143. The van der Waals surface area contributed by atoms with Gasteiger partial charge in [0.15, 0.2) is 0 Å². The summed E-state index contributed by atoms with van der Waals surface area (Å²) >= 11 is 0. The molecule has 0 aliphatic heterocycles. The van der Waals surface area contributed by atoms with Crippen molar-refractivity contribution >= 4 is 0 Å². The van der Waals surface area contributed by atoms with E-state index in [1.165, 1.54) is 32.1 Å². The van der Waals surface area contributed by atoms with Gasteiger partial charge in [0.25, 0.3) is 0 Å². The van der Waals surface area contributed by atoms with Crippen LogP contribution in [0.4, 0.5) is 0 Å². The normalized spacial score (nSPS) is 30.9. The third-order valence-electron chi connectivity index (χ3n) is 4.70. The van der Waals surface area contributed by atoms with Gasteiger partial charge in [-0.3, -0.25) is 0 Å². The number of hydrogen-bond acceptors (Lipinski definition) is 2. The van der Waals surface area contributed by atoms with E-state index < -0.39 is 0 Å². The fraction of sp³-hybridized carbons (Fsp3) is 1.00. The summed E-state index contributed by atoms with van der Waals surface area (Å²) in [5.74, 6) is 1.12. The molecule has 0 bridgehead atoms. The number of ether oxygens (including phenoxy) is 1. The average Bonchev–Trinajstić information content (AvgIpc) is 2.38. The summed E-state index contributed by atoms with van der Waals surface area (Å²) in [5, 5.41) is 10.7. The predicted octanol–water partition coefficient (Wildman–Crippen LogP) is 3.77. The second kappa shape index (κ2) is 6.75. The van der Waals surface area contributed by atoms with Crippen molar-refractivity contribution in [3.8, 4) is 0 Å². The Morgan fingerprint density at radius 3 is 2.41 bits per heavy atom. The minimum absolute atomic E-state index is 0.308. The van der Waals surface area contributed by atoms with Gasteiger partial charge < -0.3 is 9.84 Å². The summed E-state index contributed by atoms with van der Waals surface area (Å²) in [4.78, 5) is 0. The van der Waals surface area contributed by atoms with E-state index in [2.05, 4.69) is 20.8 Å². The highest BCUT2D eigenvalue weighted by atomic mass is 16.5. The molecule has 2 heteroatoms. The molecule has 1 N–H and O–H groups in total. The van der Waals surface area contributed by atoms with Gasteiger partial charge in [0.2, 0.25) is 0 Å². The summed E-state index contributed by atoms with van der Waals surface area (Å²) < 4.78 is 5.84. The Balaban J connectivity index is 2.73. The van der Waals surface area contributed by atoms with Gasteiger partial charge in [0.05, 0.1) is 11.7 Å². The van der Waals surface area contributed by atoms with Crippen molar-refractivity contribution in [2.24, 2.45) is 11.8 Å². The standard InChI is InChI=1S/C15H30O2/c1-5-12-10-8-9-11-13(12)14(16)15(4,6-2)17-7-3/h12-14,16H,5-11H2,1-4H3. The first-order chi connectivity index (χ1) is 8.09. The van der Waals surface area contributed by atoms with Crippen LogP contribution in [0.5, 0.6) is 0 Å². The SMILES string of the molecule is CCOC(C)(CC)C(O)C1CCCCC1CC. The number of rotatable bonds is 6. The van der Waals surface area contributed by atoms with Crippen molar-refractivity contribution < 1.29 is 9.84 Å². The van der Waals surface area contributed by atoms with E-state index in [0.29, 0.717) is 18.4 Å². The summed E-state index contributed by atoms with van der Waals surface area (Å²) in [7, 11) is 0. The highest BCUT2D eigenvalue weighted by Crippen LogP contribution is 2.39. The van der Waals surface area contributed by atoms with Gasteiger partial charge in [-0.15, -0.1) is 0 Å². The van der Waals surface area contributed by atoms with Gasteiger partial charge in [0, 0.05) is 6.61 Å². The molecular weight excluding hydrogens is 212 g/mol. The molecule has 1 aliphatic rings. The van der Waals surface area contributed by atoms with Crippen molar-refractivity contribution in [3.63, 3.8) is 0 Å². The lowest BCUT2D eigenvalue weighted by atomic mass is 9.70. The molecule has 0 radical (unpaired) electrons. The van der Waals surface area contributed by atoms with E-state index in [0.717, 1.165) is 6.42 Å². The molecule has 102 valence electrons. The van der Waals surface area contributed by atoms with Crippen LogP contribution in [0.25, 0.3) is 0 Å². The highest BCUT2D eigenvalue weighted by Gasteiger charge is 2.40. The van der Waals surface area contributed by atoms with Gasteiger partial charge in [-0.25, -0.2) is 0 Å². The van der Waals surface area contributed by atoms with Crippen LogP contribution in [0.1, 0.15) is 66.2 Å². The molecule has 1 saturated carbocycles. The Morgan fingerprint density at radius 2 is 1.88 bits per heavy atom. The molecule has 0 spiro atoms. The number of aliphatic hydroxyl groups is 1. The van der Waals surface area contributed by atoms with E-state index in [-0.39, 0.29) is 11.7 Å². The zero-order valence-electron chi connectivity index (χ0n) is 12.0. The predicted molar refractivity (Wildman–Crippen MR) is 72.1 cm³/mol. The summed E-state index contributed by atoms with van der Waals surface area (Å²) in [6, 6.07) is 0. The molecule has 0 amide bonds. The maximum Gasteiger partial charge on any atom is 0.0912 e. The van der Waals surface area contributed by atoms with Crippen LogP contribution in [0.15, 0.2) is 0 Å². The fourth-order valence-electron chi connectivity index (χ4n) is 3.34. The van der Waals surface area contributed by atoms with Crippen LogP contribution in [-0.2, 0) is 4.74 Å². The van der Waals surface area contributed by atoms with E-state index in [1.807, 2.05) is 6.92 Å². The van der Waals surface area contributed by atoms with Crippen molar-refractivity contribution in [2.75, 3.05) is 6.61 Å². The number of aliphatic hydroxyl groups excluding tert-OH is 1. The Bertz CT molecular complexity index is 217. The molecule has 0 aromatic rings. The minimum atomic E-state index is -0.357. The van der Waals surface area contributed by atoms with Crippen LogP contribution in [0.2, 0.25) is 0 Å². The van der Waals surface area contributed by atoms with Crippen molar-refractivity contribution in [1.82, 2.24) is 0 Å². The van der Waals surface area contributed by atoms with Gasteiger partial charge in [-0.05, 0) is 38.5 Å². The topological polar surface area (TPSA) is 29.5 Å². The maximum absolute atomic E-state index is 10.7. The van der Waals surface area contributed by atoms with Crippen LogP contribution in [0, 0.1) is 11.8 Å². The molecular formula is C15H30O2. The Hall–Kier alpha value is -0.0800. The summed E-state index contributed by atoms with van der Waals surface area (Å²) in [6.45, 7) is 9.13. The fourth-order valence-corrected chi connectivity index (χ4v) is 3.34. The minimum Gasteiger partial charge on any atom is -0.390 e. The summed E-state index contributed by atoms with van der Waals surface area (Å²) in [5.41, 5.74) is -0.357. The third-order valence-corrected chi connectivity index (χ3v) is 4.70. The lowest BCUT2D eigenvalue weighted by Crippen LogP contribution is -2.48. The quantitative estimate of drug-likeness (QED) is 0.768. The zero-order valence-corrected chi connectivity index (χ0v) is 12.0. The lowest BCUT2D eigenvalue weighted by Gasteiger charge is -2.42. The van der Waals surface area contributed by atoms with E-state index in [1.54, 1.807) is 0 Å². The van der Waals surface area contributed by atoms with Crippen LogP contribution in [-0.4, -0.2) is 23.4 Å².